The molecule has 3 rings (SSSR count). The molecule has 126 valence electrons. The third-order valence-electron chi connectivity index (χ3n) is 3.19. The van der Waals surface area contributed by atoms with Crippen molar-refractivity contribution in [3.63, 3.8) is 0 Å². The minimum Gasteiger partial charge on any atom is -0.299 e. The van der Waals surface area contributed by atoms with Gasteiger partial charge in [-0.05, 0) is 35.3 Å². The van der Waals surface area contributed by atoms with Gasteiger partial charge in [0.2, 0.25) is 0 Å². The van der Waals surface area contributed by atoms with E-state index in [1.807, 2.05) is 6.07 Å². The number of nitrogens with zero attached hydrogens (tertiary/aromatic N) is 3. The van der Waals surface area contributed by atoms with Crippen molar-refractivity contribution in [2.45, 2.75) is 12.8 Å². The quantitative estimate of drug-likeness (QED) is 0.433. The third-order valence-corrected chi connectivity index (χ3v) is 5.43. The van der Waals surface area contributed by atoms with Gasteiger partial charge >= 0.3 is 9.93 Å². The highest BCUT2D eigenvalue weighted by Crippen LogP contribution is 2.25. The van der Waals surface area contributed by atoms with Crippen molar-refractivity contribution in [3.05, 3.63) is 35.1 Å². The average molecular weight is 378 g/mol. The zero-order valence-electron chi connectivity index (χ0n) is 12.4. The summed E-state index contributed by atoms with van der Waals surface area (Å²) in [6.45, 7) is 2.32. The summed E-state index contributed by atoms with van der Waals surface area (Å²) in [6.07, 6.45) is 2.60. The number of rotatable bonds is 2. The Kier molecular flexibility index (Phi) is 6.48. The number of benzene rings is 1. The fourth-order valence-electron chi connectivity index (χ4n) is 2.12. The van der Waals surface area contributed by atoms with Crippen LogP contribution in [0.25, 0.3) is 0 Å². The van der Waals surface area contributed by atoms with E-state index in [-0.39, 0.29) is 0 Å². The number of aromatic nitrogens is 1. The van der Waals surface area contributed by atoms with Crippen LogP contribution in [0.2, 0.25) is 0 Å². The van der Waals surface area contributed by atoms with Gasteiger partial charge in [-0.1, -0.05) is 18.2 Å². The summed E-state index contributed by atoms with van der Waals surface area (Å²) in [4.78, 5) is 8.09. The van der Waals surface area contributed by atoms with Crippen LogP contribution < -0.4 is 32.9 Å². The van der Waals surface area contributed by atoms with Gasteiger partial charge in [-0.25, -0.2) is 23.2 Å². The summed E-state index contributed by atoms with van der Waals surface area (Å²) >= 11 is 0. The molecule has 1 aliphatic heterocycles. The lowest BCUT2D eigenvalue weighted by Gasteiger charge is -2.17. The standard InChI is InChI=1S/C13H16N3S2.ClHO4/c1-15(11-7-3-2-4-8-11)12-14-13(18-17-12)16-9-5-6-10-16;2-1(3,4)5/h2-4,7-8H,5-6,9-10H2,1H3;(H,2,3,4,5)/q+1;/p-1. The Balaban J connectivity index is 0.000000338. The lowest BCUT2D eigenvalue weighted by atomic mass is 10.3. The number of halogens is 1. The molecule has 0 atom stereocenters. The van der Waals surface area contributed by atoms with E-state index >= 15 is 0 Å². The van der Waals surface area contributed by atoms with Crippen molar-refractivity contribution < 1.29 is 28.9 Å². The number of anilines is 2. The van der Waals surface area contributed by atoms with Crippen LogP contribution in [0.4, 0.5) is 10.8 Å². The van der Waals surface area contributed by atoms with Crippen LogP contribution in [0.1, 0.15) is 12.8 Å². The fraction of sp³-hybridized carbons (Fsp3) is 0.385. The molecule has 1 saturated heterocycles. The Morgan fingerprint density at radius 1 is 1.04 bits per heavy atom. The summed E-state index contributed by atoms with van der Waals surface area (Å²) in [7, 11) is 0.672. The van der Waals surface area contributed by atoms with Gasteiger partial charge in [0.1, 0.15) is 0 Å². The fourth-order valence-corrected chi connectivity index (χ4v) is 4.40. The van der Waals surface area contributed by atoms with Gasteiger partial charge in [0, 0.05) is 28.1 Å². The van der Waals surface area contributed by atoms with Crippen molar-refractivity contribution in [1.29, 1.82) is 0 Å². The molecule has 0 saturated carbocycles. The Bertz CT molecular complexity index is 670. The second-order valence-electron chi connectivity index (χ2n) is 4.81. The lowest BCUT2D eigenvalue weighted by Crippen LogP contribution is -2.68. The number of hydrogen-bond acceptors (Lipinski definition) is 8. The van der Waals surface area contributed by atoms with E-state index in [4.69, 9.17) is 23.6 Å². The van der Waals surface area contributed by atoms with E-state index in [9.17, 15) is 0 Å². The van der Waals surface area contributed by atoms with E-state index < -0.39 is 10.2 Å². The average Bonchev–Trinajstić information content (AvgIpc) is 3.16. The molecule has 1 aromatic heterocycles. The smallest absolute Gasteiger partial charge is 0.299 e. The van der Waals surface area contributed by atoms with Crippen LogP contribution in [-0.4, -0.2) is 25.1 Å². The molecule has 1 fully saturated rings. The zero-order valence-corrected chi connectivity index (χ0v) is 14.8. The predicted octanol–water partition coefficient (Wildman–Crippen LogP) is -2.22. The lowest BCUT2D eigenvalue weighted by molar-refractivity contribution is -2.00. The summed E-state index contributed by atoms with van der Waals surface area (Å²) < 4.78 is 36.4. The molecular weight excluding hydrogens is 362 g/mol. The zero-order chi connectivity index (χ0) is 16.9. The van der Waals surface area contributed by atoms with Crippen LogP contribution in [0.5, 0.6) is 0 Å². The Morgan fingerprint density at radius 3 is 2.17 bits per heavy atom. The van der Waals surface area contributed by atoms with Crippen LogP contribution in [0, 0.1) is 10.2 Å². The number of hydrogen-bond donors (Lipinski definition) is 0. The highest BCUT2D eigenvalue weighted by molar-refractivity contribution is 7.69. The summed E-state index contributed by atoms with van der Waals surface area (Å²) in [5.41, 5.74) is 1.19. The van der Waals surface area contributed by atoms with Crippen LogP contribution in [-0.2, 0) is 0 Å². The van der Waals surface area contributed by atoms with E-state index in [0.717, 1.165) is 18.2 Å². The van der Waals surface area contributed by atoms with Crippen molar-refractivity contribution in [1.82, 2.24) is 9.56 Å². The first-order chi connectivity index (χ1) is 10.8. The third kappa shape index (κ3) is 6.15. The van der Waals surface area contributed by atoms with Crippen molar-refractivity contribution in [2.24, 2.45) is 0 Å². The maximum Gasteiger partial charge on any atom is 0.390 e. The first-order valence-electron chi connectivity index (χ1n) is 6.80. The van der Waals surface area contributed by atoms with Crippen molar-refractivity contribution >= 4 is 31.5 Å². The summed E-state index contributed by atoms with van der Waals surface area (Å²) in [5, 5.41) is 1.08. The SMILES string of the molecule is CN(c1ccccc1)c1nc(=[N+]2CCCC2)ss1.[O-][Cl+3]([O-])([O-])[O-]. The van der Waals surface area contributed by atoms with Crippen molar-refractivity contribution in [3.8, 4) is 0 Å². The van der Waals surface area contributed by atoms with Gasteiger partial charge in [0.15, 0.2) is 0 Å². The molecule has 1 aliphatic rings. The van der Waals surface area contributed by atoms with E-state index in [2.05, 4.69) is 40.8 Å². The minimum absolute atomic E-state index is 1.08. The molecule has 23 heavy (non-hydrogen) atoms. The van der Waals surface area contributed by atoms with Crippen LogP contribution >= 0.6 is 20.7 Å². The number of para-hydroxylation sites is 1. The molecule has 0 amide bonds. The first-order valence-corrected chi connectivity index (χ1v) is 10.2. The molecular formula is C13H16ClN3O4S2. The highest BCUT2D eigenvalue weighted by atomic mass is 35.7. The Labute approximate surface area is 143 Å². The van der Waals surface area contributed by atoms with Gasteiger partial charge in [0.25, 0.3) is 0 Å². The van der Waals surface area contributed by atoms with E-state index in [1.54, 1.807) is 20.7 Å². The van der Waals surface area contributed by atoms with Gasteiger partial charge < -0.3 is 0 Å². The van der Waals surface area contributed by atoms with E-state index in [1.165, 1.54) is 23.3 Å². The molecule has 1 aromatic carbocycles. The topological polar surface area (TPSA) is 111 Å². The summed E-state index contributed by atoms with van der Waals surface area (Å²) in [5.74, 6) is 0. The van der Waals surface area contributed by atoms with Gasteiger partial charge in [-0.15, -0.1) is 10.2 Å². The monoisotopic (exact) mass is 377 g/mol. The van der Waals surface area contributed by atoms with Gasteiger partial charge in [-0.3, -0.25) is 4.90 Å². The van der Waals surface area contributed by atoms with Crippen LogP contribution in [0.3, 0.4) is 0 Å². The second kappa shape index (κ2) is 8.15. The molecule has 0 spiro atoms. The maximum atomic E-state index is 8.49. The van der Waals surface area contributed by atoms with Gasteiger partial charge in [-0.2, -0.15) is 0 Å². The van der Waals surface area contributed by atoms with E-state index in [0.29, 0.717) is 0 Å². The molecule has 2 aromatic rings. The highest BCUT2D eigenvalue weighted by Gasteiger charge is 2.18. The predicted molar refractivity (Wildman–Crippen MR) is 78.7 cm³/mol. The Morgan fingerprint density at radius 2 is 1.61 bits per heavy atom. The van der Waals surface area contributed by atoms with Crippen LogP contribution in [0.15, 0.2) is 30.3 Å². The molecule has 2 heterocycles. The molecule has 0 aliphatic carbocycles. The second-order valence-corrected chi connectivity index (χ2v) is 7.63. The van der Waals surface area contributed by atoms with Gasteiger partial charge in [0.05, 0.1) is 13.1 Å². The molecule has 0 N–H and O–H groups in total. The van der Waals surface area contributed by atoms with Crippen molar-refractivity contribution in [2.75, 3.05) is 25.0 Å². The minimum atomic E-state index is -4.94. The molecule has 10 heteroatoms. The Hall–Kier alpha value is -1.07. The largest absolute Gasteiger partial charge is 0.390 e. The molecule has 0 unspecified atom stereocenters. The molecule has 0 radical (unpaired) electrons. The maximum absolute atomic E-state index is 8.49. The molecule has 7 nitrogen and oxygen atoms in total. The first kappa shape index (κ1) is 18.3. The molecule has 0 bridgehead atoms. The summed E-state index contributed by atoms with van der Waals surface area (Å²) in [6, 6.07) is 10.4. The normalized spacial score (nSPS) is 14.4.